The Morgan fingerprint density at radius 2 is 1.95 bits per heavy atom. The third kappa shape index (κ3) is 2.77. The molecule has 2 aromatic carbocycles. The van der Waals surface area contributed by atoms with Crippen LogP contribution in [0.3, 0.4) is 0 Å². The van der Waals surface area contributed by atoms with Gasteiger partial charge in [0.05, 0.1) is 12.8 Å². The first-order chi connectivity index (χ1) is 9.15. The zero-order valence-corrected chi connectivity index (χ0v) is 10.9. The van der Waals surface area contributed by atoms with Gasteiger partial charge in [-0.25, -0.2) is 4.79 Å². The first-order valence-electron chi connectivity index (χ1n) is 6.00. The first kappa shape index (κ1) is 13.2. The molecule has 0 radical (unpaired) electrons. The number of carbonyl (C=O) groups excluding carboxylic acids is 1. The number of hydroxylamine groups is 1. The Balaban J connectivity index is 2.33. The molecule has 0 unspecified atom stereocenters. The summed E-state index contributed by atoms with van der Waals surface area (Å²) in [5, 5.41) is 14.8. The third-order valence-corrected chi connectivity index (χ3v) is 2.80. The van der Waals surface area contributed by atoms with Gasteiger partial charge in [-0.15, -0.1) is 0 Å². The SMILES string of the molecule is CCNC(=O)N(O)c1ccc2cc(OC)ccc2c1. The molecule has 100 valence electrons. The van der Waals surface area contributed by atoms with Gasteiger partial charge in [-0.1, -0.05) is 12.1 Å². The minimum Gasteiger partial charge on any atom is -0.497 e. The van der Waals surface area contributed by atoms with Gasteiger partial charge in [-0.3, -0.25) is 5.21 Å². The van der Waals surface area contributed by atoms with Crippen LogP contribution in [-0.2, 0) is 0 Å². The predicted molar refractivity (Wildman–Crippen MR) is 73.8 cm³/mol. The number of methoxy groups -OCH3 is 1. The topological polar surface area (TPSA) is 61.8 Å². The maximum absolute atomic E-state index is 11.5. The standard InChI is InChI=1S/C14H16N2O3/c1-3-15-14(17)16(18)12-6-4-11-9-13(19-2)7-5-10(11)8-12/h4-9,18H,3H2,1-2H3,(H,15,17). The van der Waals surface area contributed by atoms with E-state index in [0.717, 1.165) is 16.5 Å². The van der Waals surface area contributed by atoms with Gasteiger partial charge in [0.2, 0.25) is 0 Å². The molecule has 0 saturated heterocycles. The molecule has 2 amide bonds. The maximum atomic E-state index is 11.5. The predicted octanol–water partition coefficient (Wildman–Crippen LogP) is 2.77. The van der Waals surface area contributed by atoms with Gasteiger partial charge in [0.1, 0.15) is 5.75 Å². The van der Waals surface area contributed by atoms with Gasteiger partial charge in [-0.05, 0) is 42.0 Å². The number of urea groups is 1. The van der Waals surface area contributed by atoms with Crippen molar-refractivity contribution in [3.63, 3.8) is 0 Å². The van der Waals surface area contributed by atoms with Crippen LogP contribution in [0.5, 0.6) is 5.75 Å². The number of anilines is 1. The highest BCUT2D eigenvalue weighted by atomic mass is 16.5. The van der Waals surface area contributed by atoms with Crippen molar-refractivity contribution in [2.45, 2.75) is 6.92 Å². The van der Waals surface area contributed by atoms with Crippen LogP contribution in [-0.4, -0.2) is 24.9 Å². The molecule has 0 aliphatic rings. The summed E-state index contributed by atoms with van der Waals surface area (Å²) >= 11 is 0. The summed E-state index contributed by atoms with van der Waals surface area (Å²) in [6, 6.07) is 10.3. The zero-order chi connectivity index (χ0) is 13.8. The van der Waals surface area contributed by atoms with E-state index in [1.165, 1.54) is 0 Å². The Morgan fingerprint density at radius 1 is 1.26 bits per heavy atom. The normalized spacial score (nSPS) is 10.3. The highest BCUT2D eigenvalue weighted by Crippen LogP contribution is 2.25. The van der Waals surface area contributed by atoms with E-state index < -0.39 is 6.03 Å². The molecule has 0 bridgehead atoms. The largest absolute Gasteiger partial charge is 0.497 e. The minimum atomic E-state index is -0.546. The number of ether oxygens (including phenoxy) is 1. The number of carbonyl (C=O) groups is 1. The number of nitrogens with zero attached hydrogens (tertiary/aromatic N) is 1. The second kappa shape index (κ2) is 5.58. The minimum absolute atomic E-state index is 0.420. The van der Waals surface area contributed by atoms with Crippen LogP contribution >= 0.6 is 0 Å². The van der Waals surface area contributed by atoms with E-state index in [-0.39, 0.29) is 0 Å². The fourth-order valence-corrected chi connectivity index (χ4v) is 1.81. The summed E-state index contributed by atoms with van der Waals surface area (Å²) in [4.78, 5) is 11.5. The van der Waals surface area contributed by atoms with E-state index >= 15 is 0 Å². The molecular weight excluding hydrogens is 244 g/mol. The van der Waals surface area contributed by atoms with Crippen LogP contribution in [0.4, 0.5) is 10.5 Å². The lowest BCUT2D eigenvalue weighted by Crippen LogP contribution is -2.37. The van der Waals surface area contributed by atoms with Crippen molar-refractivity contribution in [3.05, 3.63) is 36.4 Å². The van der Waals surface area contributed by atoms with E-state index in [1.807, 2.05) is 24.3 Å². The summed E-state index contributed by atoms with van der Waals surface area (Å²) < 4.78 is 5.15. The fourth-order valence-electron chi connectivity index (χ4n) is 1.81. The van der Waals surface area contributed by atoms with Crippen molar-refractivity contribution in [2.24, 2.45) is 0 Å². The summed E-state index contributed by atoms with van der Waals surface area (Å²) in [5.74, 6) is 0.768. The van der Waals surface area contributed by atoms with Gasteiger partial charge in [0, 0.05) is 6.54 Å². The summed E-state index contributed by atoms with van der Waals surface area (Å²) in [7, 11) is 1.61. The van der Waals surface area contributed by atoms with Crippen molar-refractivity contribution < 1.29 is 14.7 Å². The molecule has 0 heterocycles. The molecule has 0 saturated carbocycles. The maximum Gasteiger partial charge on any atom is 0.345 e. The lowest BCUT2D eigenvalue weighted by atomic mass is 10.1. The average Bonchev–Trinajstić information content (AvgIpc) is 2.45. The van der Waals surface area contributed by atoms with E-state index in [1.54, 1.807) is 26.2 Å². The summed E-state index contributed by atoms with van der Waals surface area (Å²) in [5.41, 5.74) is 0.420. The van der Waals surface area contributed by atoms with Crippen molar-refractivity contribution in [2.75, 3.05) is 18.7 Å². The summed E-state index contributed by atoms with van der Waals surface area (Å²) in [6.45, 7) is 2.25. The number of hydrogen-bond acceptors (Lipinski definition) is 3. The van der Waals surface area contributed by atoms with Crippen molar-refractivity contribution in [1.29, 1.82) is 0 Å². The Kier molecular flexibility index (Phi) is 3.87. The molecule has 2 rings (SSSR count). The highest BCUT2D eigenvalue weighted by molar-refractivity contribution is 5.94. The lowest BCUT2D eigenvalue weighted by Gasteiger charge is -2.15. The second-order valence-corrected chi connectivity index (χ2v) is 4.04. The molecule has 0 atom stereocenters. The Hall–Kier alpha value is -2.27. The number of hydrogen-bond donors (Lipinski definition) is 2. The highest BCUT2D eigenvalue weighted by Gasteiger charge is 2.12. The molecule has 5 heteroatoms. The van der Waals surface area contributed by atoms with Crippen molar-refractivity contribution >= 4 is 22.5 Å². The van der Waals surface area contributed by atoms with Crippen LogP contribution in [0, 0.1) is 0 Å². The lowest BCUT2D eigenvalue weighted by molar-refractivity contribution is 0.205. The number of amides is 2. The van der Waals surface area contributed by atoms with Crippen molar-refractivity contribution in [1.82, 2.24) is 5.32 Å². The molecule has 0 aliphatic heterocycles. The Bertz CT molecular complexity index is 598. The quantitative estimate of drug-likeness (QED) is 0.659. The monoisotopic (exact) mass is 260 g/mol. The number of rotatable bonds is 3. The molecule has 19 heavy (non-hydrogen) atoms. The van der Waals surface area contributed by atoms with Gasteiger partial charge >= 0.3 is 6.03 Å². The molecule has 0 spiro atoms. The smallest absolute Gasteiger partial charge is 0.345 e. The second-order valence-electron chi connectivity index (χ2n) is 4.04. The average molecular weight is 260 g/mol. The summed E-state index contributed by atoms with van der Waals surface area (Å²) in [6.07, 6.45) is 0. The Labute approximate surface area is 111 Å². The molecule has 2 N–H and O–H groups in total. The third-order valence-electron chi connectivity index (χ3n) is 2.80. The Morgan fingerprint density at radius 3 is 2.63 bits per heavy atom. The molecule has 2 aromatic rings. The van der Waals surface area contributed by atoms with Gasteiger partial charge in [0.25, 0.3) is 0 Å². The number of fused-ring (bicyclic) bond motifs is 1. The zero-order valence-electron chi connectivity index (χ0n) is 10.9. The molecule has 0 fully saturated rings. The van der Waals surface area contributed by atoms with Gasteiger partial charge < -0.3 is 10.1 Å². The van der Waals surface area contributed by atoms with Crippen LogP contribution in [0.1, 0.15) is 6.92 Å². The molecular formula is C14H16N2O3. The van der Waals surface area contributed by atoms with E-state index in [9.17, 15) is 10.0 Å². The van der Waals surface area contributed by atoms with E-state index in [4.69, 9.17) is 4.74 Å². The number of benzene rings is 2. The van der Waals surface area contributed by atoms with Crippen LogP contribution < -0.4 is 15.1 Å². The molecule has 5 nitrogen and oxygen atoms in total. The van der Waals surface area contributed by atoms with E-state index in [2.05, 4.69) is 5.32 Å². The van der Waals surface area contributed by atoms with Crippen LogP contribution in [0.2, 0.25) is 0 Å². The molecule has 0 aromatic heterocycles. The fraction of sp³-hybridized carbons (Fsp3) is 0.214. The van der Waals surface area contributed by atoms with E-state index in [0.29, 0.717) is 17.3 Å². The van der Waals surface area contributed by atoms with Crippen molar-refractivity contribution in [3.8, 4) is 5.75 Å². The van der Waals surface area contributed by atoms with Gasteiger partial charge in [0.15, 0.2) is 0 Å². The first-order valence-corrected chi connectivity index (χ1v) is 6.00. The van der Waals surface area contributed by atoms with Gasteiger partial charge in [-0.2, -0.15) is 5.06 Å². The van der Waals surface area contributed by atoms with Crippen LogP contribution in [0.15, 0.2) is 36.4 Å². The number of nitrogens with one attached hydrogen (secondary N) is 1. The molecule has 0 aliphatic carbocycles. The van der Waals surface area contributed by atoms with Crippen LogP contribution in [0.25, 0.3) is 10.8 Å².